The lowest BCUT2D eigenvalue weighted by molar-refractivity contribution is -0.131. The molecule has 1 saturated heterocycles. The third kappa shape index (κ3) is 3.94. The molecule has 1 aromatic heterocycles. The Balaban J connectivity index is 1.30. The summed E-state index contributed by atoms with van der Waals surface area (Å²) in [4.78, 5) is 39.2. The van der Waals surface area contributed by atoms with Crippen molar-refractivity contribution in [3.8, 4) is 11.5 Å². The quantitative estimate of drug-likeness (QED) is 0.688. The highest BCUT2D eigenvalue weighted by atomic mass is 32.1. The molecule has 0 bridgehead atoms. The zero-order valence-electron chi connectivity index (χ0n) is 15.0. The number of thiophene rings is 1. The van der Waals surface area contributed by atoms with Crippen LogP contribution in [0, 0.1) is 0 Å². The Morgan fingerprint density at radius 2 is 2.11 bits per heavy atom. The Morgan fingerprint density at radius 3 is 2.93 bits per heavy atom. The summed E-state index contributed by atoms with van der Waals surface area (Å²) in [5, 5.41) is 7.36. The molecule has 2 N–H and O–H groups in total. The Bertz CT molecular complexity index is 899. The van der Waals surface area contributed by atoms with Gasteiger partial charge in [-0.1, -0.05) is 12.1 Å². The van der Waals surface area contributed by atoms with Crippen LogP contribution < -0.4 is 20.1 Å². The van der Waals surface area contributed by atoms with E-state index >= 15 is 0 Å². The third-order valence-electron chi connectivity index (χ3n) is 4.55. The molecule has 146 valence electrons. The van der Waals surface area contributed by atoms with Gasteiger partial charge in [0.15, 0.2) is 11.5 Å². The van der Waals surface area contributed by atoms with E-state index in [9.17, 15) is 14.4 Å². The predicted molar refractivity (Wildman–Crippen MR) is 101 cm³/mol. The molecule has 0 aliphatic carbocycles. The summed E-state index contributed by atoms with van der Waals surface area (Å²) in [6.45, 7) is 0.762. The number of carbonyl (C=O) groups is 3. The van der Waals surface area contributed by atoms with Crippen LogP contribution in [0.3, 0.4) is 0 Å². The van der Waals surface area contributed by atoms with Gasteiger partial charge in [0.2, 0.25) is 12.7 Å². The molecule has 28 heavy (non-hydrogen) atoms. The molecule has 4 amide bonds. The Kier molecular flexibility index (Phi) is 5.16. The fourth-order valence-corrected chi connectivity index (χ4v) is 3.83. The van der Waals surface area contributed by atoms with E-state index in [2.05, 4.69) is 10.6 Å². The van der Waals surface area contributed by atoms with E-state index in [4.69, 9.17) is 9.47 Å². The number of carbonyl (C=O) groups excluding carboxylic acids is 3. The highest BCUT2D eigenvalue weighted by Crippen LogP contribution is 2.33. The molecule has 2 aliphatic heterocycles. The minimum absolute atomic E-state index is 0.0767. The van der Waals surface area contributed by atoms with Gasteiger partial charge in [0.05, 0.1) is 13.0 Å². The Hall–Kier alpha value is -3.07. The van der Waals surface area contributed by atoms with Crippen LogP contribution in [0.4, 0.5) is 4.79 Å². The number of amides is 4. The third-order valence-corrected chi connectivity index (χ3v) is 5.48. The molecule has 1 atom stereocenters. The van der Waals surface area contributed by atoms with Gasteiger partial charge in [-0.15, -0.1) is 11.3 Å². The Morgan fingerprint density at radius 1 is 1.25 bits per heavy atom. The van der Waals surface area contributed by atoms with Crippen molar-refractivity contribution in [2.45, 2.75) is 25.4 Å². The monoisotopic (exact) mass is 401 g/mol. The zero-order valence-corrected chi connectivity index (χ0v) is 15.8. The fraction of sp³-hybridized carbons (Fsp3) is 0.316. The van der Waals surface area contributed by atoms with E-state index < -0.39 is 18.0 Å². The van der Waals surface area contributed by atoms with Crippen LogP contribution >= 0.6 is 11.3 Å². The van der Waals surface area contributed by atoms with E-state index in [0.29, 0.717) is 18.0 Å². The second-order valence-electron chi connectivity index (χ2n) is 6.50. The number of imide groups is 1. The van der Waals surface area contributed by atoms with Crippen molar-refractivity contribution >= 4 is 29.2 Å². The van der Waals surface area contributed by atoms with Gasteiger partial charge in [-0.05, 0) is 35.6 Å². The lowest BCUT2D eigenvalue weighted by Gasteiger charge is -2.13. The Labute approximate surface area is 165 Å². The van der Waals surface area contributed by atoms with Crippen LogP contribution in [-0.2, 0) is 22.6 Å². The topological polar surface area (TPSA) is 97.0 Å². The van der Waals surface area contributed by atoms with E-state index in [1.807, 2.05) is 17.5 Å². The summed E-state index contributed by atoms with van der Waals surface area (Å²) in [6.07, 6.45) is 0.664. The molecule has 0 unspecified atom stereocenters. The number of fused-ring (bicyclic) bond motifs is 1. The summed E-state index contributed by atoms with van der Waals surface area (Å²) in [5.74, 6) is 0.556. The highest BCUT2D eigenvalue weighted by Gasteiger charge is 2.39. The van der Waals surface area contributed by atoms with Crippen molar-refractivity contribution in [2.24, 2.45) is 0 Å². The van der Waals surface area contributed by atoms with Gasteiger partial charge in [-0.2, -0.15) is 0 Å². The van der Waals surface area contributed by atoms with Gasteiger partial charge >= 0.3 is 6.03 Å². The SMILES string of the molecule is O=C(C[C@@H]1NC(=O)N(Cc2ccc3c(c2)OCO3)C1=O)NCCc1cccs1. The maximum atomic E-state index is 12.6. The molecule has 1 aromatic carbocycles. The first-order chi connectivity index (χ1) is 13.6. The van der Waals surface area contributed by atoms with Crippen LogP contribution in [0.25, 0.3) is 0 Å². The summed E-state index contributed by atoms with van der Waals surface area (Å²) in [6, 6.07) is 7.89. The van der Waals surface area contributed by atoms with Gasteiger partial charge in [-0.3, -0.25) is 14.5 Å². The number of benzene rings is 1. The molecular weight excluding hydrogens is 382 g/mol. The predicted octanol–water partition coefficient (Wildman–Crippen LogP) is 1.65. The van der Waals surface area contributed by atoms with Crippen LogP contribution in [0.5, 0.6) is 11.5 Å². The average Bonchev–Trinajstić information content (AvgIpc) is 3.40. The van der Waals surface area contributed by atoms with E-state index in [0.717, 1.165) is 16.9 Å². The average molecular weight is 401 g/mol. The largest absolute Gasteiger partial charge is 0.454 e. The fourth-order valence-electron chi connectivity index (χ4n) is 3.12. The molecule has 0 saturated carbocycles. The minimum atomic E-state index is -0.844. The molecule has 3 heterocycles. The number of hydrogen-bond donors (Lipinski definition) is 2. The molecule has 9 heteroatoms. The molecule has 0 radical (unpaired) electrons. The second kappa shape index (κ2) is 7.89. The summed E-state index contributed by atoms with van der Waals surface area (Å²) in [7, 11) is 0. The maximum absolute atomic E-state index is 12.6. The van der Waals surface area contributed by atoms with Crippen molar-refractivity contribution in [3.05, 3.63) is 46.2 Å². The van der Waals surface area contributed by atoms with Crippen LogP contribution in [0.15, 0.2) is 35.7 Å². The van der Waals surface area contributed by atoms with Gasteiger partial charge in [0.1, 0.15) is 6.04 Å². The lowest BCUT2D eigenvalue weighted by Crippen LogP contribution is -2.37. The van der Waals surface area contributed by atoms with Crippen LogP contribution in [-0.4, -0.2) is 42.1 Å². The first kappa shape index (κ1) is 18.3. The molecule has 2 aromatic rings. The van der Waals surface area contributed by atoms with E-state index in [-0.39, 0.29) is 25.7 Å². The lowest BCUT2D eigenvalue weighted by atomic mass is 10.1. The smallest absolute Gasteiger partial charge is 0.325 e. The summed E-state index contributed by atoms with van der Waals surface area (Å²) < 4.78 is 10.6. The van der Waals surface area contributed by atoms with Gasteiger partial charge in [-0.25, -0.2) is 4.79 Å². The normalized spacial score (nSPS) is 17.7. The van der Waals surface area contributed by atoms with Crippen molar-refractivity contribution in [3.63, 3.8) is 0 Å². The molecule has 8 nitrogen and oxygen atoms in total. The number of nitrogens with one attached hydrogen (secondary N) is 2. The molecule has 1 fully saturated rings. The first-order valence-corrected chi connectivity index (χ1v) is 9.77. The standard InChI is InChI=1S/C19H19N3O5S/c23-17(20-6-5-13-2-1-7-28-13)9-14-18(24)22(19(25)21-14)10-12-3-4-15-16(8-12)27-11-26-15/h1-4,7-8,14H,5-6,9-11H2,(H,20,23)(H,21,25)/t14-/m0/s1. The molecule has 4 rings (SSSR count). The summed E-state index contributed by atoms with van der Waals surface area (Å²) >= 11 is 1.63. The van der Waals surface area contributed by atoms with Gasteiger partial charge < -0.3 is 20.1 Å². The minimum Gasteiger partial charge on any atom is -0.454 e. The van der Waals surface area contributed by atoms with Crippen LogP contribution in [0.1, 0.15) is 16.9 Å². The summed E-state index contributed by atoms with van der Waals surface area (Å²) in [5.41, 5.74) is 0.744. The van der Waals surface area contributed by atoms with Crippen molar-refractivity contribution < 1.29 is 23.9 Å². The molecular formula is C19H19N3O5S. The van der Waals surface area contributed by atoms with E-state index in [1.54, 1.807) is 29.5 Å². The maximum Gasteiger partial charge on any atom is 0.325 e. The number of urea groups is 1. The molecule has 2 aliphatic rings. The van der Waals surface area contributed by atoms with Gasteiger partial charge in [0.25, 0.3) is 5.91 Å². The van der Waals surface area contributed by atoms with Gasteiger partial charge in [0, 0.05) is 11.4 Å². The second-order valence-corrected chi connectivity index (χ2v) is 7.53. The van der Waals surface area contributed by atoms with Crippen molar-refractivity contribution in [2.75, 3.05) is 13.3 Å². The van der Waals surface area contributed by atoms with E-state index in [1.165, 1.54) is 4.88 Å². The first-order valence-electron chi connectivity index (χ1n) is 8.89. The number of hydrogen-bond acceptors (Lipinski definition) is 6. The zero-order chi connectivity index (χ0) is 19.5. The molecule has 0 spiro atoms. The van der Waals surface area contributed by atoms with Crippen molar-refractivity contribution in [1.29, 1.82) is 0 Å². The van der Waals surface area contributed by atoms with Crippen LogP contribution in [0.2, 0.25) is 0 Å². The highest BCUT2D eigenvalue weighted by molar-refractivity contribution is 7.09. The number of ether oxygens (including phenoxy) is 2. The number of nitrogens with zero attached hydrogens (tertiary/aromatic N) is 1. The van der Waals surface area contributed by atoms with Crippen molar-refractivity contribution in [1.82, 2.24) is 15.5 Å². The number of rotatable bonds is 7.